The van der Waals surface area contributed by atoms with E-state index in [1.165, 1.54) is 11.8 Å². The highest BCUT2D eigenvalue weighted by molar-refractivity contribution is 7.99. The van der Waals surface area contributed by atoms with E-state index in [-0.39, 0.29) is 12.6 Å². The molecule has 0 aliphatic rings. The van der Waals surface area contributed by atoms with Crippen molar-refractivity contribution in [3.05, 3.63) is 35.5 Å². The third-order valence-electron chi connectivity index (χ3n) is 2.22. The van der Waals surface area contributed by atoms with Crippen molar-refractivity contribution in [2.45, 2.75) is 9.79 Å². The zero-order valence-electron chi connectivity index (χ0n) is 10.0. The molecule has 0 saturated carbocycles. The number of hydrogen-bond donors (Lipinski definition) is 3. The Labute approximate surface area is 120 Å². The molecule has 2 rings (SSSR count). The molecule has 0 bridgehead atoms. The standard InChI is InChI=1S/C12H13ClN4OS/c13-8-1-3-9(4-2-8)19-10-7-16-12(14)17-11(10)15-5-6-18/h1-4,7,18H,5-6H2,(H3,14,15,16,17). The number of hydrogen-bond acceptors (Lipinski definition) is 6. The van der Waals surface area contributed by atoms with E-state index in [2.05, 4.69) is 15.3 Å². The zero-order valence-corrected chi connectivity index (χ0v) is 11.6. The quantitative estimate of drug-likeness (QED) is 0.785. The maximum absolute atomic E-state index is 8.85. The van der Waals surface area contributed by atoms with Gasteiger partial charge in [-0.3, -0.25) is 0 Å². The lowest BCUT2D eigenvalue weighted by Crippen LogP contribution is -2.09. The van der Waals surface area contributed by atoms with Crippen molar-refractivity contribution in [1.82, 2.24) is 9.97 Å². The molecule has 19 heavy (non-hydrogen) atoms. The normalized spacial score (nSPS) is 10.4. The molecule has 0 radical (unpaired) electrons. The van der Waals surface area contributed by atoms with E-state index in [4.69, 9.17) is 22.4 Å². The topological polar surface area (TPSA) is 84.1 Å². The summed E-state index contributed by atoms with van der Waals surface area (Å²) in [6.07, 6.45) is 1.65. The van der Waals surface area contributed by atoms with Gasteiger partial charge in [0.05, 0.1) is 11.5 Å². The van der Waals surface area contributed by atoms with Gasteiger partial charge in [0.15, 0.2) is 0 Å². The minimum Gasteiger partial charge on any atom is -0.395 e. The van der Waals surface area contributed by atoms with Crippen molar-refractivity contribution in [3.8, 4) is 0 Å². The number of rotatable bonds is 5. The lowest BCUT2D eigenvalue weighted by atomic mass is 10.4. The molecule has 1 aromatic heterocycles. The van der Waals surface area contributed by atoms with Gasteiger partial charge in [-0.15, -0.1) is 0 Å². The molecular weight excluding hydrogens is 284 g/mol. The third-order valence-corrected chi connectivity index (χ3v) is 3.50. The van der Waals surface area contributed by atoms with Crippen LogP contribution in [0.1, 0.15) is 0 Å². The molecule has 0 spiro atoms. The van der Waals surface area contributed by atoms with Crippen LogP contribution in [0, 0.1) is 0 Å². The van der Waals surface area contributed by atoms with Crippen LogP contribution < -0.4 is 11.1 Å². The van der Waals surface area contributed by atoms with Gasteiger partial charge in [-0.05, 0) is 24.3 Å². The molecule has 1 heterocycles. The Bertz CT molecular complexity index is 550. The number of aliphatic hydroxyl groups is 1. The average molecular weight is 297 g/mol. The number of aromatic nitrogens is 2. The summed E-state index contributed by atoms with van der Waals surface area (Å²) in [4.78, 5) is 9.96. The first-order valence-electron chi connectivity index (χ1n) is 5.59. The number of nitrogen functional groups attached to an aromatic ring is 1. The van der Waals surface area contributed by atoms with Crippen LogP contribution in [0.15, 0.2) is 40.3 Å². The molecule has 4 N–H and O–H groups in total. The van der Waals surface area contributed by atoms with Gasteiger partial charge in [-0.25, -0.2) is 4.98 Å². The van der Waals surface area contributed by atoms with Crippen LogP contribution in [0.25, 0.3) is 0 Å². The van der Waals surface area contributed by atoms with Crippen LogP contribution in [0.5, 0.6) is 0 Å². The number of halogens is 1. The molecule has 0 aliphatic heterocycles. The van der Waals surface area contributed by atoms with Gasteiger partial charge < -0.3 is 16.2 Å². The smallest absolute Gasteiger partial charge is 0.221 e. The molecule has 5 nitrogen and oxygen atoms in total. The summed E-state index contributed by atoms with van der Waals surface area (Å²) in [5.74, 6) is 0.808. The van der Waals surface area contributed by atoms with Crippen LogP contribution in [-0.2, 0) is 0 Å². The molecule has 0 saturated heterocycles. The first-order valence-corrected chi connectivity index (χ1v) is 6.79. The lowest BCUT2D eigenvalue weighted by Gasteiger charge is -2.09. The highest BCUT2D eigenvalue weighted by Crippen LogP contribution is 2.32. The van der Waals surface area contributed by atoms with E-state index in [0.717, 1.165) is 9.79 Å². The van der Waals surface area contributed by atoms with Gasteiger partial charge in [0.1, 0.15) is 5.82 Å². The largest absolute Gasteiger partial charge is 0.395 e. The van der Waals surface area contributed by atoms with E-state index in [0.29, 0.717) is 17.4 Å². The number of nitrogens with two attached hydrogens (primary N) is 1. The number of anilines is 2. The third kappa shape index (κ3) is 3.99. The molecule has 0 atom stereocenters. The highest BCUT2D eigenvalue weighted by atomic mass is 35.5. The number of benzene rings is 1. The van der Waals surface area contributed by atoms with Gasteiger partial charge >= 0.3 is 0 Å². The maximum atomic E-state index is 8.85. The number of nitrogens with one attached hydrogen (secondary N) is 1. The fourth-order valence-electron chi connectivity index (χ4n) is 1.39. The summed E-state index contributed by atoms with van der Waals surface area (Å²) in [5, 5.41) is 12.5. The van der Waals surface area contributed by atoms with Crippen molar-refractivity contribution < 1.29 is 5.11 Å². The average Bonchev–Trinajstić information content (AvgIpc) is 2.41. The molecule has 0 unspecified atom stereocenters. The second kappa shape index (κ2) is 6.60. The van der Waals surface area contributed by atoms with E-state index < -0.39 is 0 Å². The predicted molar refractivity (Wildman–Crippen MR) is 77.6 cm³/mol. The zero-order chi connectivity index (χ0) is 13.7. The number of aliphatic hydroxyl groups excluding tert-OH is 1. The summed E-state index contributed by atoms with van der Waals surface area (Å²) in [5.41, 5.74) is 5.56. The van der Waals surface area contributed by atoms with Gasteiger partial charge in [0.2, 0.25) is 5.95 Å². The van der Waals surface area contributed by atoms with Crippen molar-refractivity contribution >= 4 is 35.1 Å². The molecule has 0 fully saturated rings. The first kappa shape index (κ1) is 13.9. The summed E-state index contributed by atoms with van der Waals surface area (Å²) < 4.78 is 0. The fraction of sp³-hybridized carbons (Fsp3) is 0.167. The first-order chi connectivity index (χ1) is 9.19. The highest BCUT2D eigenvalue weighted by Gasteiger charge is 2.07. The molecule has 7 heteroatoms. The van der Waals surface area contributed by atoms with Crippen LogP contribution >= 0.6 is 23.4 Å². The Morgan fingerprint density at radius 3 is 2.74 bits per heavy atom. The Morgan fingerprint density at radius 2 is 2.05 bits per heavy atom. The Morgan fingerprint density at radius 1 is 1.32 bits per heavy atom. The van der Waals surface area contributed by atoms with Crippen LogP contribution in [0.3, 0.4) is 0 Å². The van der Waals surface area contributed by atoms with Gasteiger partial charge in [0, 0.05) is 22.7 Å². The van der Waals surface area contributed by atoms with Gasteiger partial charge in [0.25, 0.3) is 0 Å². The van der Waals surface area contributed by atoms with Crippen molar-refractivity contribution in [2.24, 2.45) is 0 Å². The van der Waals surface area contributed by atoms with Crippen LogP contribution in [-0.4, -0.2) is 28.2 Å². The molecule has 2 aromatic rings. The van der Waals surface area contributed by atoms with Crippen LogP contribution in [0.4, 0.5) is 11.8 Å². The summed E-state index contributed by atoms with van der Waals surface area (Å²) in [7, 11) is 0. The SMILES string of the molecule is Nc1ncc(Sc2ccc(Cl)cc2)c(NCCO)n1. The van der Waals surface area contributed by atoms with Crippen molar-refractivity contribution in [1.29, 1.82) is 0 Å². The van der Waals surface area contributed by atoms with E-state index in [9.17, 15) is 0 Å². The predicted octanol–water partition coefficient (Wildman–Crippen LogP) is 2.27. The van der Waals surface area contributed by atoms with Gasteiger partial charge in [-0.2, -0.15) is 4.98 Å². The fourth-order valence-corrected chi connectivity index (χ4v) is 2.36. The lowest BCUT2D eigenvalue weighted by molar-refractivity contribution is 0.311. The molecule has 1 aromatic carbocycles. The Hall–Kier alpha value is -1.50. The number of nitrogens with zero attached hydrogens (tertiary/aromatic N) is 2. The maximum Gasteiger partial charge on any atom is 0.221 e. The molecule has 0 amide bonds. The molecule has 0 aliphatic carbocycles. The monoisotopic (exact) mass is 296 g/mol. The summed E-state index contributed by atoms with van der Waals surface area (Å²) in [6.45, 7) is 0.430. The molecule has 100 valence electrons. The van der Waals surface area contributed by atoms with Gasteiger partial charge in [-0.1, -0.05) is 23.4 Å². The second-order valence-electron chi connectivity index (χ2n) is 3.65. The van der Waals surface area contributed by atoms with Crippen molar-refractivity contribution in [2.75, 3.05) is 24.2 Å². The van der Waals surface area contributed by atoms with E-state index >= 15 is 0 Å². The van der Waals surface area contributed by atoms with E-state index in [1.54, 1.807) is 6.20 Å². The molecular formula is C12H13ClN4OS. The summed E-state index contributed by atoms with van der Waals surface area (Å²) >= 11 is 7.34. The second-order valence-corrected chi connectivity index (χ2v) is 5.20. The van der Waals surface area contributed by atoms with Crippen molar-refractivity contribution in [3.63, 3.8) is 0 Å². The van der Waals surface area contributed by atoms with Crippen LogP contribution in [0.2, 0.25) is 5.02 Å². The minimum absolute atomic E-state index is 0.0228. The van der Waals surface area contributed by atoms with E-state index in [1.807, 2.05) is 24.3 Å². The summed E-state index contributed by atoms with van der Waals surface area (Å²) in [6, 6.07) is 7.48. The minimum atomic E-state index is 0.0228. The Kier molecular flexibility index (Phi) is 4.84. The Balaban J connectivity index is 2.20.